The van der Waals surface area contributed by atoms with E-state index in [0.29, 0.717) is 30.2 Å². The van der Waals surface area contributed by atoms with Gasteiger partial charge in [-0.3, -0.25) is 10.1 Å². The second-order valence-corrected chi connectivity index (χ2v) is 8.13. The van der Waals surface area contributed by atoms with Gasteiger partial charge in [-0.15, -0.1) is 0 Å². The molecule has 3 rings (SSSR count). The number of carbonyl (C=O) groups is 2. The Kier molecular flexibility index (Phi) is 5.39. The average molecular weight is 423 g/mol. The van der Waals surface area contributed by atoms with Gasteiger partial charge in [0.1, 0.15) is 0 Å². The maximum Gasteiger partial charge on any atom is 0.321 e. The van der Waals surface area contributed by atoms with Crippen molar-refractivity contribution >= 4 is 44.3 Å². The predicted octanol–water partition coefficient (Wildman–Crippen LogP) is 3.63. The largest absolute Gasteiger partial charge is 0.336 e. The molecule has 8 heteroatoms. The molecule has 2 heterocycles. The first kappa shape index (κ1) is 17.9. The zero-order valence-electron chi connectivity index (χ0n) is 14.0. The van der Waals surface area contributed by atoms with Crippen molar-refractivity contribution in [3.8, 4) is 0 Å². The molecule has 25 heavy (non-hydrogen) atoms. The van der Waals surface area contributed by atoms with E-state index in [1.54, 1.807) is 0 Å². The molecule has 0 saturated heterocycles. The molecule has 0 fully saturated rings. The number of rotatable bonds is 3. The number of halogens is 1. The fourth-order valence-electron chi connectivity index (χ4n) is 2.62. The molecule has 1 aromatic carbocycles. The van der Waals surface area contributed by atoms with Crippen molar-refractivity contribution in [2.45, 2.75) is 32.9 Å². The maximum absolute atomic E-state index is 12.7. The highest BCUT2D eigenvalue weighted by Crippen LogP contribution is 2.29. The van der Waals surface area contributed by atoms with Crippen LogP contribution in [0.2, 0.25) is 0 Å². The number of amides is 3. The Hall–Kier alpha value is -1.93. The number of carbonyl (C=O) groups excluding carboxylic acids is 2. The number of hydrogen-bond acceptors (Lipinski definition) is 4. The summed E-state index contributed by atoms with van der Waals surface area (Å²) >= 11 is 4.82. The molecule has 1 aliphatic rings. The molecule has 0 atom stereocenters. The Morgan fingerprint density at radius 1 is 1.36 bits per heavy atom. The molecular weight excluding hydrogens is 404 g/mol. The van der Waals surface area contributed by atoms with Gasteiger partial charge in [0.15, 0.2) is 5.13 Å². The summed E-state index contributed by atoms with van der Waals surface area (Å²) in [7, 11) is 0. The van der Waals surface area contributed by atoms with Crippen molar-refractivity contribution in [3.05, 3.63) is 44.9 Å². The number of anilines is 1. The van der Waals surface area contributed by atoms with Crippen LogP contribution in [0, 0.1) is 0 Å². The molecule has 2 aromatic rings. The number of benzene rings is 1. The minimum atomic E-state index is -0.261. The van der Waals surface area contributed by atoms with Crippen molar-refractivity contribution < 1.29 is 9.59 Å². The molecule has 1 aromatic heterocycles. The SMILES string of the molecule is CC(C)NC(=O)Nc1nc2c(s1)CN(C(=O)c1cccc(Br)c1)CC2. The van der Waals surface area contributed by atoms with Crippen molar-refractivity contribution in [2.75, 3.05) is 11.9 Å². The molecule has 1 aliphatic heterocycles. The number of fused-ring (bicyclic) bond motifs is 1. The zero-order chi connectivity index (χ0) is 18.0. The lowest BCUT2D eigenvalue weighted by Crippen LogP contribution is -2.35. The summed E-state index contributed by atoms with van der Waals surface area (Å²) in [4.78, 5) is 31.8. The maximum atomic E-state index is 12.7. The third-order valence-corrected chi connectivity index (χ3v) is 5.22. The van der Waals surface area contributed by atoms with Crippen LogP contribution in [0.1, 0.15) is 34.8 Å². The summed E-state index contributed by atoms with van der Waals surface area (Å²) < 4.78 is 0.886. The van der Waals surface area contributed by atoms with Crippen LogP contribution in [0.4, 0.5) is 9.93 Å². The third kappa shape index (κ3) is 4.38. The molecule has 0 unspecified atom stereocenters. The summed E-state index contributed by atoms with van der Waals surface area (Å²) in [6, 6.07) is 7.20. The first-order valence-electron chi connectivity index (χ1n) is 8.03. The van der Waals surface area contributed by atoms with Crippen LogP contribution >= 0.6 is 27.3 Å². The van der Waals surface area contributed by atoms with Crippen molar-refractivity contribution in [1.82, 2.24) is 15.2 Å². The summed E-state index contributed by atoms with van der Waals surface area (Å²) in [6.07, 6.45) is 0.694. The van der Waals surface area contributed by atoms with Gasteiger partial charge in [0.25, 0.3) is 5.91 Å². The molecule has 2 N–H and O–H groups in total. The van der Waals surface area contributed by atoms with Gasteiger partial charge >= 0.3 is 6.03 Å². The number of thiazole rings is 1. The second-order valence-electron chi connectivity index (χ2n) is 6.13. The summed E-state index contributed by atoms with van der Waals surface area (Å²) in [5.74, 6) is 0.00686. The second kappa shape index (κ2) is 7.53. The van der Waals surface area contributed by atoms with Gasteiger partial charge in [-0.25, -0.2) is 9.78 Å². The number of urea groups is 1. The average Bonchev–Trinajstić information content (AvgIpc) is 2.94. The molecule has 0 saturated carbocycles. The Bertz CT molecular complexity index is 806. The molecule has 0 aliphatic carbocycles. The zero-order valence-corrected chi connectivity index (χ0v) is 16.4. The van der Waals surface area contributed by atoms with E-state index in [0.717, 1.165) is 15.0 Å². The van der Waals surface area contributed by atoms with Crippen LogP contribution in [0.5, 0.6) is 0 Å². The van der Waals surface area contributed by atoms with E-state index in [9.17, 15) is 9.59 Å². The standard InChI is InChI=1S/C17H19BrN4O2S/c1-10(2)19-16(24)21-17-20-13-6-7-22(9-14(13)25-17)15(23)11-4-3-5-12(18)8-11/h3-5,8,10H,6-7,9H2,1-2H3,(H2,19,20,21,24). The summed E-state index contributed by atoms with van der Waals surface area (Å²) in [5.41, 5.74) is 1.63. The molecule has 6 nitrogen and oxygen atoms in total. The van der Waals surface area contributed by atoms with Crippen molar-refractivity contribution in [2.24, 2.45) is 0 Å². The highest BCUT2D eigenvalue weighted by Gasteiger charge is 2.25. The van der Waals surface area contributed by atoms with Crippen molar-refractivity contribution in [1.29, 1.82) is 0 Å². The molecular formula is C17H19BrN4O2S. The van der Waals surface area contributed by atoms with E-state index in [4.69, 9.17) is 0 Å². The lowest BCUT2D eigenvalue weighted by atomic mass is 10.1. The Balaban J connectivity index is 1.69. The summed E-state index contributed by atoms with van der Waals surface area (Å²) in [5, 5.41) is 6.10. The van der Waals surface area contributed by atoms with Gasteiger partial charge < -0.3 is 10.2 Å². The molecule has 132 valence electrons. The van der Waals surface area contributed by atoms with Crippen molar-refractivity contribution in [3.63, 3.8) is 0 Å². The van der Waals surface area contributed by atoms with Gasteiger partial charge in [0, 0.05) is 33.9 Å². The molecule has 3 amide bonds. The summed E-state index contributed by atoms with van der Waals surface area (Å²) in [6.45, 7) is 4.95. The van der Waals surface area contributed by atoms with Gasteiger partial charge in [-0.1, -0.05) is 33.3 Å². The molecule has 0 radical (unpaired) electrons. The lowest BCUT2D eigenvalue weighted by molar-refractivity contribution is 0.0736. The fourth-order valence-corrected chi connectivity index (χ4v) is 4.04. The Morgan fingerprint density at radius 3 is 2.88 bits per heavy atom. The topological polar surface area (TPSA) is 74.3 Å². The number of nitrogens with zero attached hydrogens (tertiary/aromatic N) is 2. The number of hydrogen-bond donors (Lipinski definition) is 2. The van der Waals surface area contributed by atoms with E-state index >= 15 is 0 Å². The van der Waals surface area contributed by atoms with Gasteiger partial charge in [0.2, 0.25) is 0 Å². The predicted molar refractivity (Wildman–Crippen MR) is 102 cm³/mol. The molecule has 0 spiro atoms. The lowest BCUT2D eigenvalue weighted by Gasteiger charge is -2.26. The monoisotopic (exact) mass is 422 g/mol. The Morgan fingerprint density at radius 2 is 2.16 bits per heavy atom. The minimum Gasteiger partial charge on any atom is -0.336 e. The normalized spacial score (nSPS) is 13.5. The van der Waals surface area contributed by atoms with Crippen LogP contribution in [0.3, 0.4) is 0 Å². The smallest absolute Gasteiger partial charge is 0.321 e. The van der Waals surface area contributed by atoms with E-state index in [1.165, 1.54) is 11.3 Å². The molecule has 0 bridgehead atoms. The highest BCUT2D eigenvalue weighted by atomic mass is 79.9. The fraction of sp³-hybridized carbons (Fsp3) is 0.353. The first-order chi connectivity index (χ1) is 11.9. The van der Waals surface area contributed by atoms with Crippen LogP contribution in [0.15, 0.2) is 28.7 Å². The van der Waals surface area contributed by atoms with Crippen LogP contribution in [-0.4, -0.2) is 34.4 Å². The van der Waals surface area contributed by atoms with Crippen LogP contribution < -0.4 is 10.6 Å². The highest BCUT2D eigenvalue weighted by molar-refractivity contribution is 9.10. The first-order valence-corrected chi connectivity index (χ1v) is 9.64. The van der Waals surface area contributed by atoms with E-state index in [-0.39, 0.29) is 18.0 Å². The van der Waals surface area contributed by atoms with E-state index < -0.39 is 0 Å². The van der Waals surface area contributed by atoms with Crippen LogP contribution in [-0.2, 0) is 13.0 Å². The quantitative estimate of drug-likeness (QED) is 0.792. The van der Waals surface area contributed by atoms with E-state index in [2.05, 4.69) is 31.5 Å². The number of aromatic nitrogens is 1. The third-order valence-electron chi connectivity index (χ3n) is 3.73. The van der Waals surface area contributed by atoms with E-state index in [1.807, 2.05) is 43.0 Å². The number of nitrogens with one attached hydrogen (secondary N) is 2. The van der Waals surface area contributed by atoms with Gasteiger partial charge in [0.05, 0.1) is 12.2 Å². The Labute approximate surface area is 158 Å². The van der Waals surface area contributed by atoms with Crippen LogP contribution in [0.25, 0.3) is 0 Å². The minimum absolute atomic E-state index is 0.00686. The van der Waals surface area contributed by atoms with Gasteiger partial charge in [-0.2, -0.15) is 0 Å². The van der Waals surface area contributed by atoms with Gasteiger partial charge in [-0.05, 0) is 32.0 Å².